The van der Waals surface area contributed by atoms with Crippen molar-refractivity contribution in [3.63, 3.8) is 0 Å². The molecule has 2 saturated heterocycles. The zero-order chi connectivity index (χ0) is 22.8. The van der Waals surface area contributed by atoms with Crippen molar-refractivity contribution in [1.29, 1.82) is 0 Å². The molecule has 174 valence electrons. The summed E-state index contributed by atoms with van der Waals surface area (Å²) in [4.78, 5) is 26.3. The van der Waals surface area contributed by atoms with Gasteiger partial charge in [-0.15, -0.1) is 23.1 Å². The van der Waals surface area contributed by atoms with E-state index in [0.29, 0.717) is 13.1 Å². The Morgan fingerprint density at radius 1 is 1.21 bits per heavy atom. The molecule has 7 heteroatoms. The van der Waals surface area contributed by atoms with Crippen molar-refractivity contribution < 1.29 is 9.53 Å². The van der Waals surface area contributed by atoms with E-state index in [1.165, 1.54) is 17.7 Å². The molecule has 2 aromatic heterocycles. The van der Waals surface area contributed by atoms with E-state index in [-0.39, 0.29) is 12.0 Å². The van der Waals surface area contributed by atoms with Gasteiger partial charge in [-0.1, -0.05) is 6.07 Å². The summed E-state index contributed by atoms with van der Waals surface area (Å²) in [5, 5.41) is 1.13. The molecule has 33 heavy (non-hydrogen) atoms. The molecule has 0 spiro atoms. The summed E-state index contributed by atoms with van der Waals surface area (Å²) in [5.74, 6) is 1.12. The number of hydrogen-bond acceptors (Lipinski definition) is 6. The highest BCUT2D eigenvalue weighted by Crippen LogP contribution is 2.31. The second kappa shape index (κ2) is 10.0. The molecule has 1 amide bonds. The third kappa shape index (κ3) is 5.05. The molecule has 0 aliphatic carbocycles. The van der Waals surface area contributed by atoms with Gasteiger partial charge in [-0.2, -0.15) is 0 Å². The molecule has 0 saturated carbocycles. The lowest BCUT2D eigenvalue weighted by Crippen LogP contribution is -2.37. The molecule has 3 aromatic rings. The Bertz CT molecular complexity index is 1130. The molecule has 5 rings (SSSR count). The number of hydrogen-bond donors (Lipinski definition) is 0. The van der Waals surface area contributed by atoms with Gasteiger partial charge >= 0.3 is 0 Å². The molecule has 2 aliphatic rings. The monoisotopic (exact) mass is 481 g/mol. The molecule has 5 nitrogen and oxygen atoms in total. The number of aromatic nitrogens is 1. The first-order chi connectivity index (χ1) is 16.1. The van der Waals surface area contributed by atoms with Gasteiger partial charge in [0.05, 0.1) is 16.5 Å². The number of rotatable bonds is 7. The van der Waals surface area contributed by atoms with Crippen LogP contribution in [0.25, 0.3) is 10.9 Å². The Labute approximate surface area is 204 Å². The molecule has 0 radical (unpaired) electrons. The number of thioether (sulfide) groups is 1. The molecule has 0 N–H and O–H groups in total. The molecule has 0 bridgehead atoms. The Hall–Kier alpha value is -2.09. The van der Waals surface area contributed by atoms with E-state index in [0.717, 1.165) is 64.6 Å². The quantitative estimate of drug-likeness (QED) is 0.402. The number of anilines is 1. The van der Waals surface area contributed by atoms with Crippen LogP contribution in [0.4, 0.5) is 5.82 Å². The number of amides is 1. The third-order valence-corrected chi connectivity index (χ3v) is 8.25. The lowest BCUT2D eigenvalue weighted by atomic mass is 10.1. The summed E-state index contributed by atoms with van der Waals surface area (Å²) in [7, 11) is 0. The third-order valence-electron chi connectivity index (χ3n) is 6.53. The van der Waals surface area contributed by atoms with Crippen LogP contribution in [-0.4, -0.2) is 54.4 Å². The van der Waals surface area contributed by atoms with Crippen LogP contribution in [0.15, 0.2) is 41.3 Å². The van der Waals surface area contributed by atoms with E-state index in [4.69, 9.17) is 9.72 Å². The number of thiophene rings is 1. The van der Waals surface area contributed by atoms with Gasteiger partial charge in [0.25, 0.3) is 5.91 Å². The van der Waals surface area contributed by atoms with Gasteiger partial charge in [0, 0.05) is 53.5 Å². The SMILES string of the molecule is CSc1ccc2cc(CN(CC3CCCO3)C(=O)c3ccc(C)s3)c(N3CCCC3)nc2c1. The first kappa shape index (κ1) is 22.7. The fourth-order valence-corrected chi connectivity index (χ4v) is 6.06. The summed E-state index contributed by atoms with van der Waals surface area (Å²) >= 11 is 3.31. The second-order valence-corrected chi connectivity index (χ2v) is 11.1. The standard InChI is InChI=1S/C26H31N3O2S2/c1-18-7-10-24(33-18)26(30)29(17-21-6-5-13-31-21)16-20-14-19-8-9-22(32-2)15-23(19)27-25(20)28-11-3-4-12-28/h7-10,14-15,21H,3-6,11-13,16-17H2,1-2H3. The van der Waals surface area contributed by atoms with Crippen LogP contribution in [0.3, 0.4) is 0 Å². The van der Waals surface area contributed by atoms with Crippen LogP contribution in [0, 0.1) is 6.92 Å². The van der Waals surface area contributed by atoms with Gasteiger partial charge in [0.15, 0.2) is 0 Å². The Kier molecular flexibility index (Phi) is 6.90. The smallest absolute Gasteiger partial charge is 0.264 e. The van der Waals surface area contributed by atoms with Crippen LogP contribution in [0.2, 0.25) is 0 Å². The molecular weight excluding hydrogens is 450 g/mol. The maximum Gasteiger partial charge on any atom is 0.264 e. The molecular formula is C26H31N3O2S2. The lowest BCUT2D eigenvalue weighted by molar-refractivity contribution is 0.0511. The van der Waals surface area contributed by atoms with Crippen molar-refractivity contribution in [2.75, 3.05) is 37.4 Å². The molecule has 2 fully saturated rings. The van der Waals surface area contributed by atoms with Gasteiger partial charge in [-0.3, -0.25) is 4.79 Å². The van der Waals surface area contributed by atoms with E-state index in [1.54, 1.807) is 23.1 Å². The number of fused-ring (bicyclic) bond motifs is 1. The summed E-state index contributed by atoms with van der Waals surface area (Å²) in [5.41, 5.74) is 2.15. The Balaban J connectivity index is 1.52. The average Bonchev–Trinajstić information content (AvgIpc) is 3.60. The van der Waals surface area contributed by atoms with Gasteiger partial charge < -0.3 is 14.5 Å². The van der Waals surface area contributed by atoms with Crippen molar-refractivity contribution in [3.05, 3.63) is 51.7 Å². The molecule has 1 aromatic carbocycles. The zero-order valence-electron chi connectivity index (χ0n) is 19.4. The molecule has 1 unspecified atom stereocenters. The summed E-state index contributed by atoms with van der Waals surface area (Å²) in [6.45, 7) is 6.06. The average molecular weight is 482 g/mol. The van der Waals surface area contributed by atoms with Crippen LogP contribution in [0.5, 0.6) is 0 Å². The number of carbonyl (C=O) groups excluding carboxylic acids is 1. The maximum atomic E-state index is 13.6. The van der Waals surface area contributed by atoms with Gasteiger partial charge in [0.2, 0.25) is 0 Å². The number of ether oxygens (including phenoxy) is 1. The zero-order valence-corrected chi connectivity index (χ0v) is 21.0. The van der Waals surface area contributed by atoms with Crippen LogP contribution in [-0.2, 0) is 11.3 Å². The lowest BCUT2D eigenvalue weighted by Gasteiger charge is -2.28. The molecule has 2 aliphatic heterocycles. The van der Waals surface area contributed by atoms with Crippen molar-refractivity contribution in [2.45, 2.75) is 50.2 Å². The van der Waals surface area contributed by atoms with E-state index in [2.05, 4.69) is 35.4 Å². The summed E-state index contributed by atoms with van der Waals surface area (Å²) < 4.78 is 5.92. The first-order valence-electron chi connectivity index (χ1n) is 11.8. The highest BCUT2D eigenvalue weighted by atomic mass is 32.2. The highest BCUT2D eigenvalue weighted by molar-refractivity contribution is 7.98. The predicted octanol–water partition coefficient (Wildman–Crippen LogP) is 5.75. The number of nitrogens with zero attached hydrogens (tertiary/aromatic N) is 3. The normalized spacial score (nSPS) is 18.4. The van der Waals surface area contributed by atoms with E-state index < -0.39 is 0 Å². The fraction of sp³-hybridized carbons (Fsp3) is 0.462. The van der Waals surface area contributed by atoms with Crippen molar-refractivity contribution in [3.8, 4) is 0 Å². The molecule has 4 heterocycles. The minimum atomic E-state index is 0.0915. The van der Waals surface area contributed by atoms with E-state index >= 15 is 0 Å². The first-order valence-corrected chi connectivity index (χ1v) is 13.8. The van der Waals surface area contributed by atoms with Crippen LogP contribution < -0.4 is 4.90 Å². The molecule has 1 atom stereocenters. The van der Waals surface area contributed by atoms with Crippen LogP contribution in [0.1, 0.15) is 45.8 Å². The van der Waals surface area contributed by atoms with Gasteiger partial charge in [-0.05, 0) is 69.2 Å². The number of benzene rings is 1. The predicted molar refractivity (Wildman–Crippen MR) is 138 cm³/mol. The topological polar surface area (TPSA) is 45.7 Å². The Morgan fingerprint density at radius 3 is 2.76 bits per heavy atom. The van der Waals surface area contributed by atoms with Crippen molar-refractivity contribution in [2.24, 2.45) is 0 Å². The minimum absolute atomic E-state index is 0.0915. The number of carbonyl (C=O) groups is 1. The highest BCUT2D eigenvalue weighted by Gasteiger charge is 2.27. The van der Waals surface area contributed by atoms with Gasteiger partial charge in [0.1, 0.15) is 5.82 Å². The fourth-order valence-electron chi connectivity index (χ4n) is 4.79. The van der Waals surface area contributed by atoms with E-state index in [1.807, 2.05) is 24.0 Å². The maximum absolute atomic E-state index is 13.6. The van der Waals surface area contributed by atoms with Crippen LogP contribution >= 0.6 is 23.1 Å². The number of aryl methyl sites for hydroxylation is 1. The second-order valence-electron chi connectivity index (χ2n) is 8.95. The summed E-state index contributed by atoms with van der Waals surface area (Å²) in [6.07, 6.45) is 6.67. The van der Waals surface area contributed by atoms with E-state index in [9.17, 15) is 4.79 Å². The Morgan fingerprint density at radius 2 is 2.06 bits per heavy atom. The summed E-state index contributed by atoms with van der Waals surface area (Å²) in [6, 6.07) is 12.7. The largest absolute Gasteiger partial charge is 0.376 e. The minimum Gasteiger partial charge on any atom is -0.376 e. The van der Waals surface area contributed by atoms with Crippen molar-refractivity contribution >= 4 is 45.7 Å². The van der Waals surface area contributed by atoms with Crippen molar-refractivity contribution in [1.82, 2.24) is 9.88 Å². The van der Waals surface area contributed by atoms with Gasteiger partial charge in [-0.25, -0.2) is 4.98 Å². The number of pyridine rings is 1.